The summed E-state index contributed by atoms with van der Waals surface area (Å²) in [6.45, 7) is 9.55. The molecule has 5 N–H and O–H groups in total. The van der Waals surface area contributed by atoms with Crippen LogP contribution in [0.2, 0.25) is 0 Å². The van der Waals surface area contributed by atoms with Gasteiger partial charge in [0.25, 0.3) is 0 Å². The topological polar surface area (TPSA) is 202 Å². The van der Waals surface area contributed by atoms with E-state index in [-0.39, 0.29) is 41.6 Å². The van der Waals surface area contributed by atoms with Crippen LogP contribution in [-0.2, 0) is 19.2 Å². The van der Waals surface area contributed by atoms with Crippen molar-refractivity contribution in [2.75, 3.05) is 19.7 Å². The van der Waals surface area contributed by atoms with E-state index in [0.717, 1.165) is 67.9 Å². The largest absolute Gasteiger partial charge is 0.387 e. The van der Waals surface area contributed by atoms with Crippen molar-refractivity contribution in [2.24, 2.45) is 11.8 Å². The van der Waals surface area contributed by atoms with E-state index in [1.165, 1.54) is 29.6 Å². The van der Waals surface area contributed by atoms with Gasteiger partial charge < -0.3 is 35.5 Å². The molecule has 4 aromatic heterocycles. The fraction of sp³-hybridized carbons (Fsp3) is 0.474. The lowest BCUT2D eigenvalue weighted by Gasteiger charge is -2.30. The van der Waals surface area contributed by atoms with Crippen LogP contribution >= 0.6 is 22.7 Å². The molecule has 2 aliphatic rings. The second kappa shape index (κ2) is 16.0. The summed E-state index contributed by atoms with van der Waals surface area (Å²) in [5.74, 6) is 0.168. The van der Waals surface area contributed by atoms with Gasteiger partial charge >= 0.3 is 0 Å². The molecule has 17 heteroatoms. The Labute approximate surface area is 326 Å². The SMILES string of the molecule is CC(=O)N[C@H](C(=O)N1CCCC1c1ncc(-c2nc3sc(-c4ccc(-c5cnc([C@@H]6CCCN6C(=O)[C@@H](NC(=O)CO)C(C)C)[nH]5)cc4)nc3s2)[nH]1)C(C)C. The highest BCUT2D eigenvalue weighted by Crippen LogP contribution is 2.39. The number of thiazole rings is 2. The minimum atomic E-state index is -0.726. The van der Waals surface area contributed by atoms with Crippen LogP contribution in [0.5, 0.6) is 0 Å². The monoisotopic (exact) mass is 786 g/mol. The summed E-state index contributed by atoms with van der Waals surface area (Å²) in [4.78, 5) is 81.8. The summed E-state index contributed by atoms with van der Waals surface area (Å²) in [5, 5.41) is 16.3. The molecule has 0 radical (unpaired) electrons. The predicted octanol–water partition coefficient (Wildman–Crippen LogP) is 4.82. The van der Waals surface area contributed by atoms with E-state index in [1.807, 2.05) is 56.9 Å². The van der Waals surface area contributed by atoms with Gasteiger partial charge in [0.1, 0.15) is 40.4 Å². The van der Waals surface area contributed by atoms with Crippen molar-refractivity contribution in [3.63, 3.8) is 0 Å². The Kier molecular flexibility index (Phi) is 11.1. The maximum atomic E-state index is 13.5. The number of aromatic nitrogens is 6. The molecule has 5 aromatic rings. The number of likely N-dealkylation sites (tertiary alicyclic amines) is 2. The zero-order valence-electron chi connectivity index (χ0n) is 31.5. The number of carbonyl (C=O) groups excluding carboxylic acids is 4. The van der Waals surface area contributed by atoms with Crippen molar-refractivity contribution >= 4 is 56.0 Å². The summed E-state index contributed by atoms with van der Waals surface area (Å²) in [6, 6.07) is 6.33. The number of hydrogen-bond acceptors (Lipinski definition) is 11. The lowest BCUT2D eigenvalue weighted by Crippen LogP contribution is -2.51. The third kappa shape index (κ3) is 7.91. The number of aliphatic hydroxyl groups is 1. The van der Waals surface area contributed by atoms with Gasteiger partial charge in [-0.15, -0.1) is 0 Å². The predicted molar refractivity (Wildman–Crippen MR) is 210 cm³/mol. The number of imidazole rings is 2. The first-order chi connectivity index (χ1) is 26.4. The second-order valence-electron chi connectivity index (χ2n) is 14.8. The number of nitrogens with zero attached hydrogens (tertiary/aromatic N) is 6. The summed E-state index contributed by atoms with van der Waals surface area (Å²) in [7, 11) is 0. The van der Waals surface area contributed by atoms with Gasteiger partial charge in [-0.3, -0.25) is 19.2 Å². The van der Waals surface area contributed by atoms with E-state index in [0.29, 0.717) is 24.7 Å². The number of amides is 4. The van der Waals surface area contributed by atoms with Crippen molar-refractivity contribution < 1.29 is 24.3 Å². The molecule has 2 saturated heterocycles. The van der Waals surface area contributed by atoms with E-state index in [2.05, 4.69) is 30.6 Å². The van der Waals surface area contributed by atoms with Crippen molar-refractivity contribution in [1.82, 2.24) is 50.3 Å². The molecule has 0 spiro atoms. The van der Waals surface area contributed by atoms with Crippen molar-refractivity contribution in [1.29, 1.82) is 0 Å². The molecular formula is C38H46N10O5S2. The second-order valence-corrected chi connectivity index (χ2v) is 16.8. The van der Waals surface area contributed by atoms with Crippen molar-refractivity contribution in [3.8, 4) is 32.5 Å². The van der Waals surface area contributed by atoms with Crippen molar-refractivity contribution in [2.45, 2.75) is 84.5 Å². The molecular weight excluding hydrogens is 741 g/mol. The number of benzene rings is 1. The molecule has 290 valence electrons. The highest BCUT2D eigenvalue weighted by Gasteiger charge is 2.38. The highest BCUT2D eigenvalue weighted by molar-refractivity contribution is 7.29. The van der Waals surface area contributed by atoms with Crippen LogP contribution in [0, 0.1) is 11.8 Å². The molecule has 0 bridgehead atoms. The summed E-state index contributed by atoms with van der Waals surface area (Å²) >= 11 is 3.00. The maximum Gasteiger partial charge on any atom is 0.246 e. The minimum absolute atomic E-state index is 0.0398. The van der Waals surface area contributed by atoms with Gasteiger partial charge in [0, 0.05) is 25.6 Å². The Morgan fingerprint density at radius 2 is 1.25 bits per heavy atom. The van der Waals surface area contributed by atoms with E-state index in [1.54, 1.807) is 17.3 Å². The molecule has 7 rings (SSSR count). The van der Waals surface area contributed by atoms with E-state index in [4.69, 9.17) is 9.97 Å². The number of carbonyl (C=O) groups is 4. The first kappa shape index (κ1) is 38.3. The van der Waals surface area contributed by atoms with Gasteiger partial charge in [-0.05, 0) is 43.1 Å². The zero-order valence-corrected chi connectivity index (χ0v) is 33.1. The van der Waals surface area contributed by atoms with Crippen molar-refractivity contribution in [3.05, 3.63) is 48.3 Å². The van der Waals surface area contributed by atoms with Crippen LogP contribution < -0.4 is 10.6 Å². The average molecular weight is 787 g/mol. The molecule has 2 aliphatic heterocycles. The van der Waals surface area contributed by atoms with Gasteiger partial charge in [-0.2, -0.15) is 0 Å². The summed E-state index contributed by atoms with van der Waals surface area (Å²) in [5.41, 5.74) is 3.51. The quantitative estimate of drug-likeness (QED) is 0.118. The third-order valence-corrected chi connectivity index (χ3v) is 12.3. The first-order valence-corrected chi connectivity index (χ1v) is 20.3. The summed E-state index contributed by atoms with van der Waals surface area (Å²) in [6.07, 6.45) is 6.77. The highest BCUT2D eigenvalue weighted by atomic mass is 32.1. The average Bonchev–Trinajstić information content (AvgIpc) is 4.00. The Morgan fingerprint density at radius 3 is 1.80 bits per heavy atom. The Morgan fingerprint density at radius 1 is 0.764 bits per heavy atom. The molecule has 2 fully saturated rings. The van der Waals surface area contributed by atoms with Crippen LogP contribution in [0.15, 0.2) is 36.7 Å². The number of rotatable bonds is 12. The Bertz CT molecular complexity index is 2160. The van der Waals surface area contributed by atoms with E-state index in [9.17, 15) is 24.3 Å². The van der Waals surface area contributed by atoms with Crippen LogP contribution in [0.4, 0.5) is 0 Å². The fourth-order valence-corrected chi connectivity index (χ4v) is 9.41. The number of hydrogen-bond donors (Lipinski definition) is 5. The zero-order chi connectivity index (χ0) is 39.0. The Balaban J connectivity index is 1.02. The van der Waals surface area contributed by atoms with Crippen LogP contribution in [0.25, 0.3) is 42.2 Å². The van der Waals surface area contributed by atoms with E-state index >= 15 is 0 Å². The van der Waals surface area contributed by atoms with Crippen LogP contribution in [0.3, 0.4) is 0 Å². The van der Waals surface area contributed by atoms with Gasteiger partial charge in [0.05, 0.1) is 35.9 Å². The standard InChI is InChI=1S/C38H46N10O5S2/c1-19(2)29(41-21(5)50)37(52)47-14-7-9-27(47)32-40-17-25(43-32)34-46-36-35(55-34)45-33(54-36)23-12-10-22(11-13-23)24-16-39-31(42-24)26-8-6-15-48(26)38(53)30(20(3)4)44-28(51)18-49/h10-13,16-17,19-20,26-27,29-30,49H,6-9,14-15,18H2,1-5H3,(H,39,42)(H,40,43)(H,41,50)(H,44,51)/t26-,27?,29-,30-/m0/s1. The normalized spacial score (nSPS) is 18.4. The molecule has 1 unspecified atom stereocenters. The van der Waals surface area contributed by atoms with Gasteiger partial charge in [0.15, 0.2) is 9.66 Å². The molecule has 55 heavy (non-hydrogen) atoms. The fourth-order valence-electron chi connectivity index (χ4n) is 7.39. The maximum absolute atomic E-state index is 13.5. The molecule has 4 atom stereocenters. The molecule has 15 nitrogen and oxygen atoms in total. The number of aliphatic hydroxyl groups excluding tert-OH is 1. The van der Waals surface area contributed by atoms with Gasteiger partial charge in [-0.25, -0.2) is 19.9 Å². The number of nitrogens with one attached hydrogen (secondary N) is 4. The minimum Gasteiger partial charge on any atom is -0.387 e. The first-order valence-electron chi connectivity index (χ1n) is 18.7. The number of H-pyrrole nitrogens is 2. The molecule has 0 aliphatic carbocycles. The Hall–Kier alpha value is -5.00. The smallest absolute Gasteiger partial charge is 0.246 e. The lowest BCUT2D eigenvalue weighted by atomic mass is 10.0. The number of fused-ring (bicyclic) bond motifs is 1. The molecule has 0 saturated carbocycles. The summed E-state index contributed by atoms with van der Waals surface area (Å²) < 4.78 is 0. The van der Waals surface area contributed by atoms with Gasteiger partial charge in [0.2, 0.25) is 23.6 Å². The van der Waals surface area contributed by atoms with Crippen LogP contribution in [-0.4, -0.2) is 100 Å². The number of aromatic amines is 2. The molecule has 6 heterocycles. The molecule has 4 amide bonds. The van der Waals surface area contributed by atoms with E-state index < -0.39 is 24.6 Å². The van der Waals surface area contributed by atoms with Crippen LogP contribution in [0.1, 0.15) is 84.0 Å². The molecule has 1 aromatic carbocycles. The third-order valence-electron chi connectivity index (χ3n) is 10.2. The van der Waals surface area contributed by atoms with Gasteiger partial charge in [-0.1, -0.05) is 74.6 Å². The lowest BCUT2D eigenvalue weighted by molar-refractivity contribution is -0.139.